The lowest BCUT2D eigenvalue weighted by molar-refractivity contribution is 0.121. The van der Waals surface area contributed by atoms with E-state index in [0.29, 0.717) is 6.61 Å². The molecule has 0 N–H and O–H groups in total. The second-order valence-corrected chi connectivity index (χ2v) is 2.82. The van der Waals surface area contributed by atoms with Gasteiger partial charge in [0.1, 0.15) is 0 Å². The van der Waals surface area contributed by atoms with Crippen LogP contribution in [0.15, 0.2) is 24.3 Å². The molecule has 12 heavy (non-hydrogen) atoms. The third-order valence-electron chi connectivity index (χ3n) is 1.72. The first-order valence-electron chi connectivity index (χ1n) is 4.32. The Hall–Kier alpha value is -0.820. The highest BCUT2D eigenvalue weighted by Gasteiger charge is 1.95. The highest BCUT2D eigenvalue weighted by atomic mass is 16.5. The minimum Gasteiger partial charge on any atom is -0.377 e. The van der Waals surface area contributed by atoms with Crippen molar-refractivity contribution in [2.45, 2.75) is 20.0 Å². The molecule has 0 amide bonds. The zero-order valence-corrected chi connectivity index (χ0v) is 7.55. The van der Waals surface area contributed by atoms with E-state index in [1.54, 1.807) is 0 Å². The Morgan fingerprint density at radius 2 is 2.08 bits per heavy atom. The molecular formula is C11H15O. The van der Waals surface area contributed by atoms with Gasteiger partial charge < -0.3 is 4.74 Å². The van der Waals surface area contributed by atoms with Crippen LogP contribution < -0.4 is 0 Å². The van der Waals surface area contributed by atoms with E-state index in [-0.39, 0.29) is 0 Å². The molecule has 1 nitrogen and oxygen atoms in total. The topological polar surface area (TPSA) is 9.23 Å². The Morgan fingerprint density at radius 3 is 2.75 bits per heavy atom. The van der Waals surface area contributed by atoms with Crippen LogP contribution in [0.25, 0.3) is 0 Å². The van der Waals surface area contributed by atoms with Crippen molar-refractivity contribution in [3.05, 3.63) is 42.3 Å². The van der Waals surface area contributed by atoms with E-state index in [4.69, 9.17) is 4.74 Å². The van der Waals surface area contributed by atoms with E-state index in [9.17, 15) is 0 Å². The summed E-state index contributed by atoms with van der Waals surface area (Å²) in [5.41, 5.74) is 2.25. The zero-order chi connectivity index (χ0) is 8.81. The summed E-state index contributed by atoms with van der Waals surface area (Å²) in [5.74, 6) is 0. The molecule has 0 spiro atoms. The monoisotopic (exact) mass is 163 g/mol. The first-order chi connectivity index (χ1) is 5.84. The smallest absolute Gasteiger partial charge is 0.0719 e. The Bertz CT molecular complexity index is 230. The molecule has 0 aliphatic carbocycles. The van der Waals surface area contributed by atoms with E-state index in [2.05, 4.69) is 19.9 Å². The molecule has 1 rings (SSSR count). The fourth-order valence-electron chi connectivity index (χ4n) is 1.02. The number of benzene rings is 1. The average molecular weight is 163 g/mol. The lowest BCUT2D eigenvalue weighted by Crippen LogP contribution is -1.95. The quantitative estimate of drug-likeness (QED) is 0.620. The van der Waals surface area contributed by atoms with Gasteiger partial charge in [-0.25, -0.2) is 0 Å². The maximum Gasteiger partial charge on any atom is 0.0719 e. The van der Waals surface area contributed by atoms with Crippen LogP contribution in [0.4, 0.5) is 0 Å². The molecule has 0 fully saturated rings. The van der Waals surface area contributed by atoms with Gasteiger partial charge in [-0.15, -0.1) is 0 Å². The lowest BCUT2D eigenvalue weighted by atomic mass is 10.1. The van der Waals surface area contributed by atoms with E-state index in [1.165, 1.54) is 5.56 Å². The first-order valence-corrected chi connectivity index (χ1v) is 4.32. The van der Waals surface area contributed by atoms with E-state index in [0.717, 1.165) is 18.6 Å². The highest BCUT2D eigenvalue weighted by Crippen LogP contribution is 2.07. The molecule has 0 unspecified atom stereocenters. The summed E-state index contributed by atoms with van der Waals surface area (Å²) in [6.45, 7) is 7.54. The van der Waals surface area contributed by atoms with Crippen LogP contribution in [-0.4, -0.2) is 6.61 Å². The fraction of sp³-hybridized carbons (Fsp3) is 0.364. The lowest BCUT2D eigenvalue weighted by Gasteiger charge is -2.05. The Labute approximate surface area is 74.4 Å². The summed E-state index contributed by atoms with van der Waals surface area (Å²) < 4.78 is 5.41. The van der Waals surface area contributed by atoms with Crippen LogP contribution in [0, 0.1) is 6.92 Å². The third kappa shape index (κ3) is 2.67. The predicted octanol–water partition coefficient (Wildman–Crippen LogP) is 2.80. The summed E-state index contributed by atoms with van der Waals surface area (Å²) in [5, 5.41) is 0. The van der Waals surface area contributed by atoms with Crippen LogP contribution in [-0.2, 0) is 11.3 Å². The minimum atomic E-state index is 0.688. The summed E-state index contributed by atoms with van der Waals surface area (Å²) in [6.07, 6.45) is 1.07. The minimum absolute atomic E-state index is 0.688. The first kappa shape index (κ1) is 9.27. The van der Waals surface area contributed by atoms with Crippen molar-refractivity contribution >= 4 is 0 Å². The molecule has 65 valence electrons. The third-order valence-corrected chi connectivity index (χ3v) is 1.72. The summed E-state index contributed by atoms with van der Waals surface area (Å²) in [7, 11) is 0. The Kier molecular flexibility index (Phi) is 3.81. The van der Waals surface area contributed by atoms with Gasteiger partial charge in [0, 0.05) is 6.61 Å². The molecule has 1 heteroatoms. The SMILES string of the molecule is [CH2]c1ccccc1COCCC. The van der Waals surface area contributed by atoms with E-state index < -0.39 is 0 Å². The Morgan fingerprint density at radius 1 is 1.33 bits per heavy atom. The molecule has 0 bridgehead atoms. The molecule has 1 aromatic rings. The average Bonchev–Trinajstić information content (AvgIpc) is 2.09. The second-order valence-electron chi connectivity index (χ2n) is 2.82. The predicted molar refractivity (Wildman–Crippen MR) is 50.8 cm³/mol. The molecule has 0 heterocycles. The van der Waals surface area contributed by atoms with Crippen molar-refractivity contribution in [2.75, 3.05) is 6.61 Å². The van der Waals surface area contributed by atoms with Gasteiger partial charge in [-0.1, -0.05) is 31.2 Å². The zero-order valence-electron chi connectivity index (χ0n) is 7.55. The summed E-state index contributed by atoms with van der Waals surface area (Å²) >= 11 is 0. The molecule has 0 aliphatic rings. The summed E-state index contributed by atoms with van der Waals surface area (Å²) in [6, 6.07) is 8.06. The standard InChI is InChI=1S/C11H15O/c1-3-8-12-9-11-7-5-4-6-10(11)2/h4-7H,2-3,8-9H2,1H3. The molecule has 1 aromatic carbocycles. The molecule has 0 aliphatic heterocycles. The fourth-order valence-corrected chi connectivity index (χ4v) is 1.02. The van der Waals surface area contributed by atoms with Crippen molar-refractivity contribution in [3.8, 4) is 0 Å². The molecule has 0 atom stereocenters. The van der Waals surface area contributed by atoms with E-state index in [1.807, 2.05) is 18.2 Å². The van der Waals surface area contributed by atoms with Gasteiger partial charge in [0.15, 0.2) is 0 Å². The normalized spacial score (nSPS) is 10.2. The van der Waals surface area contributed by atoms with Crippen LogP contribution in [0.5, 0.6) is 0 Å². The van der Waals surface area contributed by atoms with Crippen LogP contribution >= 0.6 is 0 Å². The number of hydrogen-bond acceptors (Lipinski definition) is 1. The molecule has 0 saturated carbocycles. The van der Waals surface area contributed by atoms with Gasteiger partial charge in [-0.2, -0.15) is 0 Å². The van der Waals surface area contributed by atoms with Gasteiger partial charge in [-0.3, -0.25) is 0 Å². The number of rotatable bonds is 4. The summed E-state index contributed by atoms with van der Waals surface area (Å²) in [4.78, 5) is 0. The van der Waals surface area contributed by atoms with Gasteiger partial charge in [-0.05, 0) is 24.5 Å². The second kappa shape index (κ2) is 4.94. The molecule has 1 radical (unpaired) electrons. The van der Waals surface area contributed by atoms with Crippen molar-refractivity contribution in [1.29, 1.82) is 0 Å². The van der Waals surface area contributed by atoms with Crippen LogP contribution in [0.1, 0.15) is 24.5 Å². The van der Waals surface area contributed by atoms with Crippen LogP contribution in [0.2, 0.25) is 0 Å². The Balaban J connectivity index is 2.46. The number of hydrogen-bond donors (Lipinski definition) is 0. The highest BCUT2D eigenvalue weighted by molar-refractivity contribution is 5.28. The van der Waals surface area contributed by atoms with Crippen LogP contribution in [0.3, 0.4) is 0 Å². The number of ether oxygens (including phenoxy) is 1. The van der Waals surface area contributed by atoms with Crippen molar-refractivity contribution in [1.82, 2.24) is 0 Å². The van der Waals surface area contributed by atoms with Gasteiger partial charge >= 0.3 is 0 Å². The van der Waals surface area contributed by atoms with E-state index >= 15 is 0 Å². The van der Waals surface area contributed by atoms with Crippen molar-refractivity contribution < 1.29 is 4.74 Å². The maximum atomic E-state index is 5.41. The maximum absolute atomic E-state index is 5.41. The van der Waals surface area contributed by atoms with Gasteiger partial charge in [0.05, 0.1) is 6.61 Å². The van der Waals surface area contributed by atoms with Crippen molar-refractivity contribution in [3.63, 3.8) is 0 Å². The molecule has 0 saturated heterocycles. The largest absolute Gasteiger partial charge is 0.377 e. The molecular weight excluding hydrogens is 148 g/mol. The van der Waals surface area contributed by atoms with Gasteiger partial charge in [0.25, 0.3) is 0 Å². The van der Waals surface area contributed by atoms with Gasteiger partial charge in [0.2, 0.25) is 0 Å². The molecule has 0 aromatic heterocycles. The van der Waals surface area contributed by atoms with Crippen molar-refractivity contribution in [2.24, 2.45) is 0 Å².